The zero-order valence-electron chi connectivity index (χ0n) is 13.0. The van der Waals surface area contributed by atoms with Crippen molar-refractivity contribution >= 4 is 28.5 Å². The van der Waals surface area contributed by atoms with Crippen LogP contribution in [0, 0.1) is 12.8 Å². The molecule has 1 aromatic heterocycles. The van der Waals surface area contributed by atoms with E-state index in [0.717, 1.165) is 10.9 Å². The van der Waals surface area contributed by atoms with Gasteiger partial charge in [-0.3, -0.25) is 4.79 Å². The number of aryl methyl sites for hydroxylation is 1. The molecule has 1 aliphatic carbocycles. The third kappa shape index (κ3) is 4.05. The van der Waals surface area contributed by atoms with E-state index in [1.54, 1.807) is 18.2 Å². The third-order valence-corrected chi connectivity index (χ3v) is 4.20. The van der Waals surface area contributed by atoms with Gasteiger partial charge < -0.3 is 19.6 Å². The second-order valence-electron chi connectivity index (χ2n) is 6.04. The number of halogens is 1. The summed E-state index contributed by atoms with van der Waals surface area (Å²) in [6.45, 7) is 2.85. The smallest absolute Gasteiger partial charge is 0.287 e. The highest BCUT2D eigenvalue weighted by atomic mass is 35.5. The molecular weight excluding hydrogens is 318 g/mol. The lowest BCUT2D eigenvalue weighted by molar-refractivity contribution is 0.0318. The summed E-state index contributed by atoms with van der Waals surface area (Å²) < 4.78 is 11.0. The Labute approximate surface area is 139 Å². The Morgan fingerprint density at radius 1 is 1.52 bits per heavy atom. The van der Waals surface area contributed by atoms with Crippen molar-refractivity contribution in [3.8, 4) is 0 Å². The van der Waals surface area contributed by atoms with E-state index in [9.17, 15) is 9.90 Å². The Bertz CT molecular complexity index is 708. The van der Waals surface area contributed by atoms with Crippen LogP contribution in [0.4, 0.5) is 0 Å². The molecule has 3 rings (SSSR count). The zero-order chi connectivity index (χ0) is 16.4. The first-order valence-corrected chi connectivity index (χ1v) is 8.15. The van der Waals surface area contributed by atoms with Crippen molar-refractivity contribution < 1.29 is 19.1 Å². The topological polar surface area (TPSA) is 71.7 Å². The van der Waals surface area contributed by atoms with Crippen molar-refractivity contribution in [3.63, 3.8) is 0 Å². The summed E-state index contributed by atoms with van der Waals surface area (Å²) in [6, 6.07) is 5.23. The number of aliphatic hydroxyl groups is 1. The fraction of sp³-hybridized carbons (Fsp3) is 0.471. The zero-order valence-corrected chi connectivity index (χ0v) is 13.7. The molecule has 23 heavy (non-hydrogen) atoms. The number of rotatable bonds is 7. The van der Waals surface area contributed by atoms with Gasteiger partial charge in [0.25, 0.3) is 5.91 Å². The Morgan fingerprint density at radius 3 is 3.04 bits per heavy atom. The number of fused-ring (bicyclic) bond motifs is 1. The van der Waals surface area contributed by atoms with E-state index in [4.69, 9.17) is 20.8 Å². The lowest BCUT2D eigenvalue weighted by Crippen LogP contribution is -2.34. The second kappa shape index (κ2) is 6.91. The van der Waals surface area contributed by atoms with Gasteiger partial charge in [0, 0.05) is 29.1 Å². The molecule has 2 aromatic rings. The van der Waals surface area contributed by atoms with Gasteiger partial charge in [-0.15, -0.1) is 0 Å². The molecule has 1 aliphatic rings. The molecule has 5 nitrogen and oxygen atoms in total. The van der Waals surface area contributed by atoms with Crippen molar-refractivity contribution in [3.05, 3.63) is 34.5 Å². The van der Waals surface area contributed by atoms with Gasteiger partial charge in [-0.1, -0.05) is 11.6 Å². The molecule has 6 heteroatoms. The first-order valence-electron chi connectivity index (χ1n) is 7.77. The van der Waals surface area contributed by atoms with E-state index in [1.807, 2.05) is 6.92 Å². The van der Waals surface area contributed by atoms with E-state index in [1.165, 1.54) is 12.8 Å². The van der Waals surface area contributed by atoms with Crippen LogP contribution in [0.2, 0.25) is 5.02 Å². The summed E-state index contributed by atoms with van der Waals surface area (Å²) in [4.78, 5) is 12.2. The molecule has 0 bridgehead atoms. The lowest BCUT2D eigenvalue weighted by Gasteiger charge is -2.11. The van der Waals surface area contributed by atoms with Gasteiger partial charge >= 0.3 is 0 Å². The minimum absolute atomic E-state index is 0.126. The van der Waals surface area contributed by atoms with Crippen molar-refractivity contribution in [2.45, 2.75) is 25.9 Å². The maximum absolute atomic E-state index is 12.2. The first-order chi connectivity index (χ1) is 11.0. The van der Waals surface area contributed by atoms with Crippen LogP contribution in [0.5, 0.6) is 0 Å². The Kier molecular flexibility index (Phi) is 4.90. The number of carbonyl (C=O) groups is 1. The van der Waals surface area contributed by atoms with Crippen molar-refractivity contribution in [2.75, 3.05) is 19.8 Å². The summed E-state index contributed by atoms with van der Waals surface area (Å²) in [5, 5.41) is 13.9. The largest absolute Gasteiger partial charge is 0.451 e. The maximum atomic E-state index is 12.2. The standard InChI is InChI=1S/C17H20ClNO4/c1-10-14-6-12(18)4-5-15(14)23-16(10)17(21)19-7-13(20)9-22-8-11-2-3-11/h4-6,11,13,20H,2-3,7-9H2,1H3,(H,19,21). The average Bonchev–Trinajstić information content (AvgIpc) is 3.29. The molecule has 1 atom stereocenters. The van der Waals surface area contributed by atoms with Gasteiger partial charge in [-0.25, -0.2) is 0 Å². The summed E-state index contributed by atoms with van der Waals surface area (Å²) in [7, 11) is 0. The molecule has 124 valence electrons. The molecule has 1 unspecified atom stereocenters. The number of aliphatic hydroxyl groups excluding tert-OH is 1. The highest BCUT2D eigenvalue weighted by Gasteiger charge is 2.22. The lowest BCUT2D eigenvalue weighted by atomic mass is 10.1. The number of furan rings is 1. The molecule has 1 amide bonds. The third-order valence-electron chi connectivity index (χ3n) is 3.96. The minimum Gasteiger partial charge on any atom is -0.451 e. The summed E-state index contributed by atoms with van der Waals surface area (Å²) >= 11 is 5.97. The number of carbonyl (C=O) groups excluding carboxylic acids is 1. The first kappa shape index (κ1) is 16.3. The minimum atomic E-state index is -0.725. The molecular formula is C17H20ClNO4. The molecule has 0 radical (unpaired) electrons. The summed E-state index contributed by atoms with van der Waals surface area (Å²) in [5.74, 6) is 0.547. The highest BCUT2D eigenvalue weighted by molar-refractivity contribution is 6.31. The van der Waals surface area contributed by atoms with Crippen LogP contribution in [0.3, 0.4) is 0 Å². The molecule has 1 saturated carbocycles. The van der Waals surface area contributed by atoms with E-state index in [-0.39, 0.29) is 24.8 Å². The van der Waals surface area contributed by atoms with Crippen LogP contribution in [0.15, 0.2) is 22.6 Å². The van der Waals surface area contributed by atoms with Gasteiger partial charge in [0.05, 0.1) is 12.7 Å². The van der Waals surface area contributed by atoms with Crippen LogP contribution >= 0.6 is 11.6 Å². The van der Waals surface area contributed by atoms with Crippen LogP contribution in [-0.2, 0) is 4.74 Å². The highest BCUT2D eigenvalue weighted by Crippen LogP contribution is 2.29. The average molecular weight is 338 g/mol. The van der Waals surface area contributed by atoms with Crippen LogP contribution in [-0.4, -0.2) is 36.9 Å². The van der Waals surface area contributed by atoms with Gasteiger partial charge in [0.2, 0.25) is 0 Å². The predicted molar refractivity (Wildman–Crippen MR) is 87.8 cm³/mol. The van der Waals surface area contributed by atoms with E-state index >= 15 is 0 Å². The van der Waals surface area contributed by atoms with Crippen LogP contribution in [0.25, 0.3) is 11.0 Å². The number of ether oxygens (including phenoxy) is 1. The van der Waals surface area contributed by atoms with Gasteiger partial charge in [0.1, 0.15) is 5.58 Å². The summed E-state index contributed by atoms with van der Waals surface area (Å²) in [6.07, 6.45) is 1.70. The molecule has 2 N–H and O–H groups in total. The second-order valence-corrected chi connectivity index (χ2v) is 6.48. The van der Waals surface area contributed by atoms with Gasteiger partial charge in [-0.05, 0) is 43.9 Å². The number of nitrogens with one attached hydrogen (secondary N) is 1. The number of hydrogen-bond acceptors (Lipinski definition) is 4. The molecule has 1 fully saturated rings. The maximum Gasteiger partial charge on any atom is 0.287 e. The normalized spacial score (nSPS) is 15.8. The number of hydrogen-bond donors (Lipinski definition) is 2. The quantitative estimate of drug-likeness (QED) is 0.815. The molecule has 1 aromatic carbocycles. The molecule has 0 spiro atoms. The fourth-order valence-electron chi connectivity index (χ4n) is 2.41. The SMILES string of the molecule is Cc1c(C(=O)NCC(O)COCC2CC2)oc2ccc(Cl)cc12. The molecule has 0 saturated heterocycles. The van der Waals surface area contributed by atoms with E-state index in [0.29, 0.717) is 23.1 Å². The van der Waals surface area contributed by atoms with Crippen molar-refractivity contribution in [1.82, 2.24) is 5.32 Å². The Balaban J connectivity index is 1.56. The van der Waals surface area contributed by atoms with Crippen LogP contribution in [0.1, 0.15) is 29.0 Å². The molecule has 0 aliphatic heterocycles. The fourth-order valence-corrected chi connectivity index (χ4v) is 2.59. The van der Waals surface area contributed by atoms with Crippen molar-refractivity contribution in [2.24, 2.45) is 5.92 Å². The monoisotopic (exact) mass is 337 g/mol. The molecule has 1 heterocycles. The Hall–Kier alpha value is -1.56. The van der Waals surface area contributed by atoms with Crippen LogP contribution < -0.4 is 5.32 Å². The predicted octanol–water partition coefficient (Wildman–Crippen LogP) is 2.91. The van der Waals surface area contributed by atoms with E-state index in [2.05, 4.69) is 5.32 Å². The summed E-state index contributed by atoms with van der Waals surface area (Å²) in [5.41, 5.74) is 1.35. The van der Waals surface area contributed by atoms with E-state index < -0.39 is 6.10 Å². The number of benzene rings is 1. The van der Waals surface area contributed by atoms with Gasteiger partial charge in [0.15, 0.2) is 5.76 Å². The van der Waals surface area contributed by atoms with Crippen molar-refractivity contribution in [1.29, 1.82) is 0 Å². The number of amides is 1. The van der Waals surface area contributed by atoms with Gasteiger partial charge in [-0.2, -0.15) is 0 Å². The Morgan fingerprint density at radius 2 is 2.30 bits per heavy atom.